The van der Waals surface area contributed by atoms with Crippen LogP contribution in [0.2, 0.25) is 0 Å². The fraction of sp³-hybridized carbons (Fsp3) is 0.455. The van der Waals surface area contributed by atoms with Crippen molar-refractivity contribution in [1.82, 2.24) is 0 Å². The average Bonchev–Trinajstić information content (AvgIpc) is 3.12. The van der Waals surface area contributed by atoms with Gasteiger partial charge in [0.05, 0.1) is 29.3 Å². The summed E-state index contributed by atoms with van der Waals surface area (Å²) in [6.45, 7) is 1.86. The molecular formula is C11H12O4S. The molecule has 1 saturated heterocycles. The van der Waals surface area contributed by atoms with Gasteiger partial charge in [-0.2, -0.15) is 0 Å². The molecule has 3 rings (SSSR count). The van der Waals surface area contributed by atoms with Crippen LogP contribution in [0.25, 0.3) is 0 Å². The Labute approximate surface area is 96.0 Å². The van der Waals surface area contributed by atoms with Crippen molar-refractivity contribution in [3.05, 3.63) is 18.2 Å². The summed E-state index contributed by atoms with van der Waals surface area (Å²) in [7, 11) is -1.01. The topological polar surface area (TPSA) is 48.1 Å². The second-order valence-electron chi connectivity index (χ2n) is 3.77. The van der Waals surface area contributed by atoms with E-state index in [0.717, 1.165) is 17.3 Å². The van der Waals surface area contributed by atoms with E-state index < -0.39 is 10.8 Å². The third-order valence-electron chi connectivity index (χ3n) is 2.52. The second-order valence-corrected chi connectivity index (χ2v) is 5.27. The molecule has 0 saturated carbocycles. The van der Waals surface area contributed by atoms with Crippen LogP contribution in [0, 0.1) is 0 Å². The minimum atomic E-state index is -1.01. The Hall–Kier alpha value is -1.07. The normalized spacial score (nSPS) is 23.9. The third-order valence-corrected chi connectivity index (χ3v) is 3.97. The van der Waals surface area contributed by atoms with Crippen molar-refractivity contribution in [2.24, 2.45) is 0 Å². The first-order valence-electron chi connectivity index (χ1n) is 5.22. The molecular weight excluding hydrogens is 228 g/mol. The largest absolute Gasteiger partial charge is 0.486 e. The van der Waals surface area contributed by atoms with E-state index >= 15 is 0 Å². The predicted molar refractivity (Wildman–Crippen MR) is 58.4 cm³/mol. The van der Waals surface area contributed by atoms with Crippen LogP contribution in [0.1, 0.15) is 0 Å². The summed E-state index contributed by atoms with van der Waals surface area (Å²) in [5.74, 6) is 1.99. The lowest BCUT2D eigenvalue weighted by Gasteiger charge is -2.18. The highest BCUT2D eigenvalue weighted by molar-refractivity contribution is 7.85. The molecule has 4 nitrogen and oxygen atoms in total. The Morgan fingerprint density at radius 2 is 2.00 bits per heavy atom. The molecule has 2 aliphatic heterocycles. The maximum Gasteiger partial charge on any atom is 0.162 e. The van der Waals surface area contributed by atoms with Crippen molar-refractivity contribution in [3.8, 4) is 11.5 Å². The van der Waals surface area contributed by atoms with Gasteiger partial charge >= 0.3 is 0 Å². The Balaban J connectivity index is 1.81. The number of benzene rings is 1. The van der Waals surface area contributed by atoms with Crippen LogP contribution in [-0.2, 0) is 15.5 Å². The van der Waals surface area contributed by atoms with Crippen LogP contribution in [0.5, 0.6) is 11.5 Å². The van der Waals surface area contributed by atoms with Gasteiger partial charge in [0.25, 0.3) is 0 Å². The van der Waals surface area contributed by atoms with E-state index in [1.165, 1.54) is 0 Å². The Kier molecular flexibility index (Phi) is 2.57. The van der Waals surface area contributed by atoms with Gasteiger partial charge in [0.1, 0.15) is 13.2 Å². The number of rotatable bonds is 3. The molecule has 2 unspecified atom stereocenters. The summed E-state index contributed by atoms with van der Waals surface area (Å²) >= 11 is 0. The van der Waals surface area contributed by atoms with E-state index in [1.54, 1.807) is 6.07 Å². The Morgan fingerprint density at radius 3 is 2.75 bits per heavy atom. The summed E-state index contributed by atoms with van der Waals surface area (Å²) in [6, 6.07) is 5.44. The van der Waals surface area contributed by atoms with E-state index in [-0.39, 0.29) is 6.10 Å². The monoisotopic (exact) mass is 240 g/mol. The first-order chi connectivity index (χ1) is 7.83. The van der Waals surface area contributed by atoms with Gasteiger partial charge in [-0.25, -0.2) is 0 Å². The lowest BCUT2D eigenvalue weighted by Crippen LogP contribution is -2.15. The Bertz CT molecular complexity index is 428. The van der Waals surface area contributed by atoms with Gasteiger partial charge in [-0.05, 0) is 12.1 Å². The maximum absolute atomic E-state index is 11.9. The molecule has 0 amide bonds. The quantitative estimate of drug-likeness (QED) is 0.738. The molecule has 0 N–H and O–H groups in total. The molecule has 1 aromatic carbocycles. The number of ether oxygens (including phenoxy) is 3. The van der Waals surface area contributed by atoms with Gasteiger partial charge in [-0.1, -0.05) is 0 Å². The van der Waals surface area contributed by atoms with Crippen molar-refractivity contribution < 1.29 is 18.4 Å². The van der Waals surface area contributed by atoms with E-state index in [0.29, 0.717) is 24.7 Å². The van der Waals surface area contributed by atoms with E-state index in [9.17, 15) is 4.21 Å². The minimum absolute atomic E-state index is 0.175. The van der Waals surface area contributed by atoms with Crippen LogP contribution in [0.3, 0.4) is 0 Å². The van der Waals surface area contributed by atoms with Crippen LogP contribution < -0.4 is 9.47 Å². The van der Waals surface area contributed by atoms with Crippen LogP contribution in [0.4, 0.5) is 0 Å². The molecule has 5 heteroatoms. The molecule has 0 spiro atoms. The summed E-state index contributed by atoms with van der Waals surface area (Å²) in [4.78, 5) is 0.778. The van der Waals surface area contributed by atoms with Crippen LogP contribution >= 0.6 is 0 Å². The van der Waals surface area contributed by atoms with Crippen molar-refractivity contribution in [1.29, 1.82) is 0 Å². The predicted octanol–water partition coefficient (Wildman–Crippen LogP) is 0.964. The summed E-state index contributed by atoms with van der Waals surface area (Å²) in [5, 5.41) is 0. The second kappa shape index (κ2) is 4.07. The van der Waals surface area contributed by atoms with Crippen molar-refractivity contribution >= 4 is 10.8 Å². The van der Waals surface area contributed by atoms with Gasteiger partial charge in [0.2, 0.25) is 0 Å². The molecule has 0 aromatic heterocycles. The minimum Gasteiger partial charge on any atom is -0.486 e. The van der Waals surface area contributed by atoms with Gasteiger partial charge < -0.3 is 14.2 Å². The van der Waals surface area contributed by atoms with Gasteiger partial charge in [-0.15, -0.1) is 0 Å². The van der Waals surface area contributed by atoms with E-state index in [4.69, 9.17) is 14.2 Å². The number of epoxide rings is 1. The molecule has 1 aromatic rings. The highest BCUT2D eigenvalue weighted by Gasteiger charge is 2.26. The molecule has 0 bridgehead atoms. The molecule has 2 atom stereocenters. The first-order valence-corrected chi connectivity index (χ1v) is 6.54. The molecule has 0 radical (unpaired) electrons. The molecule has 2 aliphatic rings. The first kappa shape index (κ1) is 10.1. The summed E-state index contributed by atoms with van der Waals surface area (Å²) < 4.78 is 27.8. The standard InChI is InChI=1S/C11H12O4S/c12-16(7-8-6-15-8)9-1-2-10-11(5-9)14-4-3-13-10/h1-2,5,8H,3-4,6-7H2. The average molecular weight is 240 g/mol. The zero-order valence-corrected chi connectivity index (χ0v) is 9.50. The number of hydrogen-bond acceptors (Lipinski definition) is 4. The zero-order valence-electron chi connectivity index (χ0n) is 8.68. The van der Waals surface area contributed by atoms with Gasteiger partial charge in [0.15, 0.2) is 11.5 Å². The van der Waals surface area contributed by atoms with Gasteiger partial charge in [-0.3, -0.25) is 4.21 Å². The van der Waals surface area contributed by atoms with E-state index in [1.807, 2.05) is 12.1 Å². The smallest absolute Gasteiger partial charge is 0.162 e. The fourth-order valence-corrected chi connectivity index (χ4v) is 2.78. The molecule has 0 aliphatic carbocycles. The summed E-state index contributed by atoms with van der Waals surface area (Å²) in [5.41, 5.74) is 0. The lowest BCUT2D eigenvalue weighted by atomic mass is 10.3. The van der Waals surface area contributed by atoms with Crippen molar-refractivity contribution in [3.63, 3.8) is 0 Å². The molecule has 2 heterocycles. The van der Waals surface area contributed by atoms with Crippen molar-refractivity contribution in [2.45, 2.75) is 11.0 Å². The number of fused-ring (bicyclic) bond motifs is 1. The Morgan fingerprint density at radius 1 is 1.25 bits per heavy atom. The molecule has 1 fully saturated rings. The lowest BCUT2D eigenvalue weighted by molar-refractivity contribution is 0.171. The van der Waals surface area contributed by atoms with E-state index in [2.05, 4.69) is 0 Å². The highest BCUT2D eigenvalue weighted by Crippen LogP contribution is 2.32. The SMILES string of the molecule is O=S(CC1CO1)c1ccc2c(c1)OCCO2. The van der Waals surface area contributed by atoms with Crippen LogP contribution in [0.15, 0.2) is 23.1 Å². The highest BCUT2D eigenvalue weighted by atomic mass is 32.2. The van der Waals surface area contributed by atoms with Crippen LogP contribution in [-0.4, -0.2) is 35.9 Å². The number of hydrogen-bond donors (Lipinski definition) is 0. The third kappa shape index (κ3) is 2.05. The summed E-state index contributed by atoms with van der Waals surface area (Å²) in [6.07, 6.45) is 0.175. The maximum atomic E-state index is 11.9. The fourth-order valence-electron chi connectivity index (χ4n) is 1.59. The van der Waals surface area contributed by atoms with Crippen molar-refractivity contribution in [2.75, 3.05) is 25.6 Å². The molecule has 86 valence electrons. The zero-order chi connectivity index (χ0) is 11.0. The van der Waals surface area contributed by atoms with Gasteiger partial charge in [0, 0.05) is 11.0 Å². The molecule has 16 heavy (non-hydrogen) atoms.